The Morgan fingerprint density at radius 3 is 2.95 bits per heavy atom. The zero-order valence-corrected chi connectivity index (χ0v) is 12.4. The number of sulfonamides is 1. The number of nitrogens with zero attached hydrogens (tertiary/aromatic N) is 2. The van der Waals surface area contributed by atoms with Crippen LogP contribution in [-0.4, -0.2) is 41.1 Å². The first kappa shape index (κ1) is 13.9. The fourth-order valence-electron chi connectivity index (χ4n) is 3.58. The molecule has 0 aromatic heterocycles. The van der Waals surface area contributed by atoms with Gasteiger partial charge in [-0.15, -0.1) is 0 Å². The minimum atomic E-state index is -3.45. The maximum Gasteiger partial charge on any atom is 0.269 e. The highest BCUT2D eigenvalue weighted by Gasteiger charge is 2.63. The Hall–Kier alpha value is -1.77. The van der Waals surface area contributed by atoms with E-state index in [9.17, 15) is 18.5 Å². The van der Waals surface area contributed by atoms with Gasteiger partial charge in [0.1, 0.15) is 10.9 Å². The van der Waals surface area contributed by atoms with Crippen LogP contribution in [0.25, 0.3) is 0 Å². The Bertz CT molecular complexity index is 790. The number of hydrogen-bond acceptors (Lipinski definition) is 5. The van der Waals surface area contributed by atoms with Crippen molar-refractivity contribution in [3.05, 3.63) is 52.1 Å². The lowest BCUT2D eigenvalue weighted by Crippen LogP contribution is -2.36. The summed E-state index contributed by atoms with van der Waals surface area (Å²) in [6.07, 6.45) is 4.17. The molecular weight excluding hydrogens is 308 g/mol. The molecule has 2 bridgehead atoms. The highest BCUT2D eigenvalue weighted by atomic mass is 32.2. The van der Waals surface area contributed by atoms with Gasteiger partial charge in [0.15, 0.2) is 0 Å². The molecular formula is C14H14N2O5S. The lowest BCUT2D eigenvalue weighted by Gasteiger charge is -2.19. The summed E-state index contributed by atoms with van der Waals surface area (Å²) in [5, 5.41) is 10.3. The molecule has 3 aliphatic heterocycles. The molecule has 3 aliphatic rings. The molecule has 0 amide bonds. The van der Waals surface area contributed by atoms with Crippen LogP contribution in [0.1, 0.15) is 12.0 Å². The number of hydrogen-bond donors (Lipinski definition) is 0. The normalized spacial score (nSPS) is 34.9. The molecule has 0 N–H and O–H groups in total. The van der Waals surface area contributed by atoms with E-state index in [-0.39, 0.29) is 24.9 Å². The van der Waals surface area contributed by atoms with E-state index in [1.54, 1.807) is 12.1 Å². The Kier molecular flexibility index (Phi) is 2.76. The van der Waals surface area contributed by atoms with E-state index in [0.29, 0.717) is 12.0 Å². The molecule has 0 saturated carbocycles. The summed E-state index contributed by atoms with van der Waals surface area (Å²) in [6, 6.07) is 6.07. The van der Waals surface area contributed by atoms with Crippen molar-refractivity contribution in [1.82, 2.24) is 4.31 Å². The molecule has 0 radical (unpaired) electrons. The standard InChI is InChI=1S/C14H14N2O5S/c17-16(18)11-3-1-2-10(6-11)8-15-9-14-5-4-12(21-14)7-13(14)22(15,19)20/h1-6,12-13H,7-9H2/t12-,13-,14-/m0/s1. The molecule has 0 unspecified atom stereocenters. The molecule has 2 saturated heterocycles. The van der Waals surface area contributed by atoms with Crippen molar-refractivity contribution in [3.63, 3.8) is 0 Å². The molecule has 8 heteroatoms. The van der Waals surface area contributed by atoms with E-state index in [1.807, 2.05) is 12.2 Å². The molecule has 22 heavy (non-hydrogen) atoms. The number of non-ortho nitro benzene ring substituents is 1. The molecule has 1 spiro atoms. The number of ether oxygens (including phenoxy) is 1. The predicted octanol–water partition coefficient (Wildman–Crippen LogP) is 1.21. The van der Waals surface area contributed by atoms with Gasteiger partial charge in [-0.2, -0.15) is 4.31 Å². The van der Waals surface area contributed by atoms with Crippen molar-refractivity contribution >= 4 is 15.7 Å². The van der Waals surface area contributed by atoms with Gasteiger partial charge in [-0.05, 0) is 12.0 Å². The van der Waals surface area contributed by atoms with E-state index >= 15 is 0 Å². The van der Waals surface area contributed by atoms with Gasteiger partial charge >= 0.3 is 0 Å². The van der Waals surface area contributed by atoms with Crippen LogP contribution >= 0.6 is 0 Å². The average molecular weight is 322 g/mol. The first-order valence-corrected chi connectivity index (χ1v) is 8.50. The highest BCUT2D eigenvalue weighted by molar-refractivity contribution is 7.90. The fraction of sp³-hybridized carbons (Fsp3) is 0.429. The van der Waals surface area contributed by atoms with Crippen molar-refractivity contribution < 1.29 is 18.1 Å². The van der Waals surface area contributed by atoms with Crippen molar-refractivity contribution in [2.45, 2.75) is 29.9 Å². The minimum absolute atomic E-state index is 0.0375. The van der Waals surface area contributed by atoms with Crippen LogP contribution in [-0.2, 0) is 21.3 Å². The van der Waals surface area contributed by atoms with E-state index in [0.717, 1.165) is 0 Å². The number of rotatable bonds is 3. The van der Waals surface area contributed by atoms with Gasteiger partial charge in [0, 0.05) is 25.2 Å². The topological polar surface area (TPSA) is 89.8 Å². The third kappa shape index (κ3) is 1.84. The molecule has 3 atom stereocenters. The predicted molar refractivity (Wildman–Crippen MR) is 77.6 cm³/mol. The Morgan fingerprint density at radius 1 is 1.45 bits per heavy atom. The quantitative estimate of drug-likeness (QED) is 0.474. The molecule has 2 fully saturated rings. The molecule has 1 aromatic carbocycles. The largest absolute Gasteiger partial charge is 0.361 e. The molecule has 3 heterocycles. The highest BCUT2D eigenvalue weighted by Crippen LogP contribution is 2.48. The van der Waals surface area contributed by atoms with Crippen LogP contribution in [0, 0.1) is 10.1 Å². The van der Waals surface area contributed by atoms with Crippen LogP contribution in [0.5, 0.6) is 0 Å². The third-order valence-electron chi connectivity index (χ3n) is 4.58. The number of benzene rings is 1. The lowest BCUT2D eigenvalue weighted by atomic mass is 9.94. The summed E-state index contributed by atoms with van der Waals surface area (Å²) in [5.41, 5.74) is -0.165. The van der Waals surface area contributed by atoms with Crippen LogP contribution < -0.4 is 0 Å². The van der Waals surface area contributed by atoms with E-state index in [2.05, 4.69) is 0 Å². The average Bonchev–Trinajstić information content (AvgIpc) is 3.09. The van der Waals surface area contributed by atoms with Gasteiger partial charge in [0.25, 0.3) is 5.69 Å². The van der Waals surface area contributed by atoms with Crippen molar-refractivity contribution in [2.24, 2.45) is 0 Å². The Labute approximate surface area is 127 Å². The summed E-state index contributed by atoms with van der Waals surface area (Å²) in [6.45, 7) is 0.403. The molecule has 7 nitrogen and oxygen atoms in total. The van der Waals surface area contributed by atoms with Crippen LogP contribution in [0.15, 0.2) is 36.4 Å². The van der Waals surface area contributed by atoms with Gasteiger partial charge < -0.3 is 4.74 Å². The summed E-state index contributed by atoms with van der Waals surface area (Å²) >= 11 is 0. The summed E-state index contributed by atoms with van der Waals surface area (Å²) in [7, 11) is -3.45. The van der Waals surface area contributed by atoms with Gasteiger partial charge in [0.2, 0.25) is 10.0 Å². The van der Waals surface area contributed by atoms with E-state index in [1.165, 1.54) is 16.4 Å². The molecule has 1 aromatic rings. The number of fused-ring (bicyclic) bond motifs is 1. The summed E-state index contributed by atoms with van der Waals surface area (Å²) < 4.78 is 32.5. The summed E-state index contributed by atoms with van der Waals surface area (Å²) in [4.78, 5) is 10.3. The zero-order chi connectivity index (χ0) is 15.5. The van der Waals surface area contributed by atoms with Crippen LogP contribution in [0.4, 0.5) is 5.69 Å². The van der Waals surface area contributed by atoms with Crippen LogP contribution in [0.2, 0.25) is 0 Å². The SMILES string of the molecule is O=[N+]([O-])c1cccc(CN2C[C@@]34C=C[C@@H](C[C@@H]3S2(=O)=O)O4)c1. The maximum atomic E-state index is 12.7. The third-order valence-corrected chi connectivity index (χ3v) is 6.87. The number of nitro benzene ring substituents is 1. The van der Waals surface area contributed by atoms with Gasteiger partial charge in [-0.3, -0.25) is 10.1 Å². The first-order chi connectivity index (χ1) is 10.4. The molecule has 0 aliphatic carbocycles. The second-order valence-electron chi connectivity index (χ2n) is 5.93. The number of nitro groups is 1. The molecule has 4 rings (SSSR count). The second-order valence-corrected chi connectivity index (χ2v) is 8.05. The van der Waals surface area contributed by atoms with E-state index < -0.39 is 25.8 Å². The maximum absolute atomic E-state index is 12.7. The van der Waals surface area contributed by atoms with Gasteiger partial charge in [0.05, 0.1) is 11.0 Å². The van der Waals surface area contributed by atoms with Crippen molar-refractivity contribution in [1.29, 1.82) is 0 Å². The van der Waals surface area contributed by atoms with Crippen molar-refractivity contribution in [3.8, 4) is 0 Å². The lowest BCUT2D eigenvalue weighted by molar-refractivity contribution is -0.384. The van der Waals surface area contributed by atoms with Gasteiger partial charge in [-0.25, -0.2) is 8.42 Å². The van der Waals surface area contributed by atoms with E-state index in [4.69, 9.17) is 4.74 Å². The monoisotopic (exact) mass is 322 g/mol. The minimum Gasteiger partial charge on any atom is -0.361 e. The molecule has 116 valence electrons. The Balaban J connectivity index is 1.63. The summed E-state index contributed by atoms with van der Waals surface area (Å²) in [5.74, 6) is 0. The Morgan fingerprint density at radius 2 is 2.27 bits per heavy atom. The second kappa shape index (κ2) is 4.37. The van der Waals surface area contributed by atoms with Crippen LogP contribution in [0.3, 0.4) is 0 Å². The van der Waals surface area contributed by atoms with Gasteiger partial charge in [-0.1, -0.05) is 24.3 Å². The van der Waals surface area contributed by atoms with Crippen molar-refractivity contribution in [2.75, 3.05) is 6.54 Å². The first-order valence-electron chi connectivity index (χ1n) is 7.00. The zero-order valence-electron chi connectivity index (χ0n) is 11.6. The smallest absolute Gasteiger partial charge is 0.269 e. The fourth-order valence-corrected chi connectivity index (χ4v) is 5.80.